The number of likely N-dealkylation sites (tertiary alicyclic amines) is 1. The predicted octanol–water partition coefficient (Wildman–Crippen LogP) is 3.79. The van der Waals surface area contributed by atoms with Crippen molar-refractivity contribution in [3.05, 3.63) is 36.4 Å². The van der Waals surface area contributed by atoms with Crippen LogP contribution in [0.2, 0.25) is 0 Å². The van der Waals surface area contributed by atoms with Crippen LogP contribution in [0.15, 0.2) is 40.8 Å². The third-order valence-corrected chi connectivity index (χ3v) is 5.27. The molecule has 0 bridgehead atoms. The lowest BCUT2D eigenvalue weighted by Gasteiger charge is -2.30. The molecule has 0 radical (unpaired) electrons. The molecule has 1 fully saturated rings. The fourth-order valence-electron chi connectivity index (χ4n) is 3.71. The minimum atomic E-state index is -0.114. The Morgan fingerprint density at radius 2 is 1.85 bits per heavy atom. The van der Waals surface area contributed by atoms with Gasteiger partial charge in [0.2, 0.25) is 11.8 Å². The lowest BCUT2D eigenvalue weighted by molar-refractivity contribution is -0.132. The molecule has 2 aromatic carbocycles. The molecule has 1 aliphatic heterocycles. The molecular weight excluding hydrogens is 344 g/mol. The van der Waals surface area contributed by atoms with E-state index in [1.54, 1.807) is 18.9 Å². The number of methoxy groups -OCH3 is 1. The van der Waals surface area contributed by atoms with E-state index in [2.05, 4.69) is 5.32 Å². The monoisotopic (exact) mass is 366 g/mol. The van der Waals surface area contributed by atoms with Gasteiger partial charge in [-0.2, -0.15) is 0 Å². The highest BCUT2D eigenvalue weighted by Gasteiger charge is 2.27. The van der Waals surface area contributed by atoms with Gasteiger partial charge < -0.3 is 19.4 Å². The zero-order valence-corrected chi connectivity index (χ0v) is 15.5. The molecule has 140 valence electrons. The molecule has 27 heavy (non-hydrogen) atoms. The van der Waals surface area contributed by atoms with Gasteiger partial charge in [0, 0.05) is 42.8 Å². The topological polar surface area (TPSA) is 71.8 Å². The summed E-state index contributed by atoms with van der Waals surface area (Å²) in [5.74, 6) is 0.498. The summed E-state index contributed by atoms with van der Waals surface area (Å²) in [6.45, 7) is 2.80. The number of ether oxygens (including phenoxy) is 1. The number of hydrogen-bond donors (Lipinski definition) is 1. The predicted molar refractivity (Wildman–Crippen MR) is 104 cm³/mol. The molecule has 6 heteroatoms. The first-order valence-corrected chi connectivity index (χ1v) is 9.12. The molecule has 0 atom stereocenters. The number of hydrogen-bond acceptors (Lipinski definition) is 4. The number of piperidine rings is 1. The fourth-order valence-corrected chi connectivity index (χ4v) is 3.71. The number of carbonyl (C=O) groups is 2. The van der Waals surface area contributed by atoms with Crippen molar-refractivity contribution in [3.8, 4) is 5.75 Å². The number of carbonyl (C=O) groups excluding carboxylic acids is 2. The van der Waals surface area contributed by atoms with E-state index >= 15 is 0 Å². The Hall–Kier alpha value is -3.02. The van der Waals surface area contributed by atoms with Crippen molar-refractivity contribution in [1.82, 2.24) is 4.90 Å². The van der Waals surface area contributed by atoms with E-state index in [0.29, 0.717) is 43.0 Å². The van der Waals surface area contributed by atoms with Crippen molar-refractivity contribution in [2.24, 2.45) is 5.92 Å². The van der Waals surface area contributed by atoms with Gasteiger partial charge in [0.05, 0.1) is 12.8 Å². The molecule has 2 heterocycles. The number of para-hydroxylation sites is 1. The average molecular weight is 366 g/mol. The summed E-state index contributed by atoms with van der Waals surface area (Å²) in [5, 5.41) is 4.95. The van der Waals surface area contributed by atoms with Crippen molar-refractivity contribution in [3.63, 3.8) is 0 Å². The molecule has 6 nitrogen and oxygen atoms in total. The van der Waals surface area contributed by atoms with Gasteiger partial charge in [-0.25, -0.2) is 0 Å². The van der Waals surface area contributed by atoms with Gasteiger partial charge in [0.25, 0.3) is 0 Å². The minimum absolute atomic E-state index is 0.0491. The summed E-state index contributed by atoms with van der Waals surface area (Å²) >= 11 is 0. The molecule has 0 spiro atoms. The van der Waals surface area contributed by atoms with Crippen LogP contribution in [0.5, 0.6) is 5.75 Å². The van der Waals surface area contributed by atoms with Gasteiger partial charge in [-0.3, -0.25) is 9.59 Å². The normalized spacial score (nSPS) is 15.3. The van der Waals surface area contributed by atoms with Crippen LogP contribution in [0.3, 0.4) is 0 Å². The summed E-state index contributed by atoms with van der Waals surface area (Å²) in [4.78, 5) is 25.9. The smallest absolute Gasteiger partial charge is 0.227 e. The molecule has 0 unspecified atom stereocenters. The number of anilines is 1. The largest absolute Gasteiger partial charge is 0.495 e. The van der Waals surface area contributed by atoms with E-state index in [9.17, 15) is 9.59 Å². The molecular formula is C21H22N2O4. The van der Waals surface area contributed by atoms with Gasteiger partial charge in [-0.15, -0.1) is 0 Å². The number of nitrogens with one attached hydrogen (secondary N) is 1. The van der Waals surface area contributed by atoms with Crippen molar-refractivity contribution in [1.29, 1.82) is 0 Å². The third-order valence-electron chi connectivity index (χ3n) is 5.27. The Labute approximate surface area is 157 Å². The van der Waals surface area contributed by atoms with Gasteiger partial charge in [-0.1, -0.05) is 18.2 Å². The number of furan rings is 1. The number of rotatable bonds is 3. The van der Waals surface area contributed by atoms with Gasteiger partial charge >= 0.3 is 0 Å². The Bertz CT molecular complexity index is 1020. The molecule has 1 N–H and O–H groups in total. The second-order valence-corrected chi connectivity index (χ2v) is 6.92. The van der Waals surface area contributed by atoms with Crippen LogP contribution >= 0.6 is 0 Å². The van der Waals surface area contributed by atoms with Crippen LogP contribution in [0, 0.1) is 5.92 Å². The molecule has 4 rings (SSSR count). The molecule has 1 aromatic heterocycles. The van der Waals surface area contributed by atoms with Gasteiger partial charge in [-0.05, 0) is 25.0 Å². The summed E-state index contributed by atoms with van der Waals surface area (Å²) in [5.41, 5.74) is 2.11. The van der Waals surface area contributed by atoms with Crippen molar-refractivity contribution < 1.29 is 18.7 Å². The standard InChI is InChI=1S/C21H22N2O4/c1-13(24)23-9-7-14(8-10-23)21(25)22-17-12-19-16(11-20(17)26-2)15-5-3-4-6-18(15)27-19/h3-6,11-12,14H,7-10H2,1-2H3,(H,22,25). The Morgan fingerprint density at radius 3 is 2.56 bits per heavy atom. The van der Waals surface area contributed by atoms with Gasteiger partial charge in [0.1, 0.15) is 16.9 Å². The quantitative estimate of drug-likeness (QED) is 0.765. The Morgan fingerprint density at radius 1 is 1.11 bits per heavy atom. The highest BCUT2D eigenvalue weighted by Crippen LogP contribution is 2.36. The van der Waals surface area contributed by atoms with Crippen molar-refractivity contribution >= 4 is 39.4 Å². The molecule has 2 amide bonds. The van der Waals surface area contributed by atoms with E-state index in [4.69, 9.17) is 9.15 Å². The highest BCUT2D eigenvalue weighted by molar-refractivity contribution is 6.07. The molecule has 1 saturated heterocycles. The molecule has 0 aliphatic carbocycles. The zero-order chi connectivity index (χ0) is 19.0. The molecule has 0 saturated carbocycles. The lowest BCUT2D eigenvalue weighted by atomic mass is 9.95. The fraction of sp³-hybridized carbons (Fsp3) is 0.333. The Kier molecular flexibility index (Phi) is 4.48. The first kappa shape index (κ1) is 17.4. The Balaban J connectivity index is 1.58. The summed E-state index contributed by atoms with van der Waals surface area (Å²) in [7, 11) is 1.59. The summed E-state index contributed by atoms with van der Waals surface area (Å²) in [6, 6.07) is 11.5. The molecule has 3 aromatic rings. The number of benzene rings is 2. The van der Waals surface area contributed by atoms with Crippen molar-refractivity contribution in [2.45, 2.75) is 19.8 Å². The SMILES string of the molecule is COc1cc2c(cc1NC(=O)C1CCN(C(C)=O)CC1)oc1ccccc12. The maximum Gasteiger partial charge on any atom is 0.227 e. The maximum atomic E-state index is 12.7. The minimum Gasteiger partial charge on any atom is -0.495 e. The number of fused-ring (bicyclic) bond motifs is 3. The summed E-state index contributed by atoms with van der Waals surface area (Å²) < 4.78 is 11.4. The van der Waals surface area contributed by atoms with E-state index in [1.807, 2.05) is 36.4 Å². The average Bonchev–Trinajstić information content (AvgIpc) is 3.04. The van der Waals surface area contributed by atoms with E-state index in [0.717, 1.165) is 16.4 Å². The van der Waals surface area contributed by atoms with Crippen LogP contribution in [0.1, 0.15) is 19.8 Å². The lowest BCUT2D eigenvalue weighted by Crippen LogP contribution is -2.40. The van der Waals surface area contributed by atoms with Crippen LogP contribution in [0.4, 0.5) is 5.69 Å². The third kappa shape index (κ3) is 3.23. The maximum absolute atomic E-state index is 12.7. The van der Waals surface area contributed by atoms with E-state index < -0.39 is 0 Å². The second kappa shape index (κ2) is 6.95. The van der Waals surface area contributed by atoms with Crippen LogP contribution < -0.4 is 10.1 Å². The van der Waals surface area contributed by atoms with Crippen molar-refractivity contribution in [2.75, 3.05) is 25.5 Å². The number of amides is 2. The van der Waals surface area contributed by atoms with Crippen LogP contribution in [0.25, 0.3) is 21.9 Å². The van der Waals surface area contributed by atoms with Crippen LogP contribution in [-0.2, 0) is 9.59 Å². The van der Waals surface area contributed by atoms with Crippen LogP contribution in [-0.4, -0.2) is 36.9 Å². The highest BCUT2D eigenvalue weighted by atomic mass is 16.5. The van der Waals surface area contributed by atoms with E-state index in [1.165, 1.54) is 0 Å². The zero-order valence-electron chi connectivity index (χ0n) is 15.5. The first-order valence-electron chi connectivity index (χ1n) is 9.12. The molecule has 1 aliphatic rings. The van der Waals surface area contributed by atoms with Gasteiger partial charge in [0.15, 0.2) is 0 Å². The second-order valence-electron chi connectivity index (χ2n) is 6.92. The van der Waals surface area contributed by atoms with E-state index in [-0.39, 0.29) is 17.7 Å². The summed E-state index contributed by atoms with van der Waals surface area (Å²) in [6.07, 6.45) is 1.33. The number of nitrogens with zero attached hydrogens (tertiary/aromatic N) is 1. The first-order chi connectivity index (χ1) is 13.1.